The van der Waals surface area contributed by atoms with Gasteiger partial charge in [-0.25, -0.2) is 42.0 Å². The Morgan fingerprint density at radius 3 is 2.62 bits per heavy atom. The number of aromatic nitrogens is 5. The minimum Gasteiger partial charge on any atom is -0.493 e. The molecule has 3 N–H and O–H groups in total. The van der Waals surface area contributed by atoms with E-state index in [0.717, 1.165) is 17.0 Å². The van der Waals surface area contributed by atoms with Crippen molar-refractivity contribution in [3.63, 3.8) is 0 Å². The van der Waals surface area contributed by atoms with Crippen LogP contribution in [-0.4, -0.2) is 60.0 Å². The fraction of sp³-hybridized carbons (Fsp3) is 0.321. The van der Waals surface area contributed by atoms with E-state index in [1.54, 1.807) is 0 Å². The van der Waals surface area contributed by atoms with E-state index < -0.39 is 35.9 Å². The topological polar surface area (TPSA) is 142 Å². The Morgan fingerprint density at radius 2 is 1.93 bits per heavy atom. The number of nitrogen functional groups attached to an aromatic ring is 1. The van der Waals surface area contributed by atoms with Gasteiger partial charge in [-0.2, -0.15) is 5.10 Å². The first-order chi connectivity index (χ1) is 21.2. The van der Waals surface area contributed by atoms with Gasteiger partial charge in [0.2, 0.25) is 5.95 Å². The van der Waals surface area contributed by atoms with Crippen LogP contribution in [0.3, 0.4) is 0 Å². The maximum atomic E-state index is 14.9. The summed E-state index contributed by atoms with van der Waals surface area (Å²) in [6.07, 6.45) is 1.36. The lowest BCUT2D eigenvalue weighted by molar-refractivity contribution is -0.0455. The highest BCUT2D eigenvalue weighted by molar-refractivity contribution is 6.37. The van der Waals surface area contributed by atoms with Crippen LogP contribution in [0.5, 0.6) is 5.75 Å². The SMILES string of the molecule is CC(F)(F)COC(=O)N1Cc2nc(N)nc(-c3c(Cl)cc(Cl)cc3OCC[C@](O)(Cn3cncn3)c3ccc(F)cc3F)c2C1. The van der Waals surface area contributed by atoms with Crippen LogP contribution in [0.25, 0.3) is 11.3 Å². The minimum atomic E-state index is -3.22. The number of carbonyl (C=O) groups is 1. The monoisotopic (exact) mass is 669 g/mol. The van der Waals surface area contributed by atoms with E-state index in [1.165, 1.54) is 29.5 Å². The third kappa shape index (κ3) is 7.37. The largest absolute Gasteiger partial charge is 0.493 e. The summed E-state index contributed by atoms with van der Waals surface area (Å²) >= 11 is 12.9. The number of anilines is 1. The maximum Gasteiger partial charge on any atom is 0.410 e. The number of nitrogens with zero attached hydrogens (tertiary/aromatic N) is 6. The molecular weight excluding hydrogens is 645 g/mol. The molecule has 0 bridgehead atoms. The molecule has 11 nitrogen and oxygen atoms in total. The van der Waals surface area contributed by atoms with Crippen molar-refractivity contribution >= 4 is 35.2 Å². The van der Waals surface area contributed by atoms with Crippen molar-refractivity contribution in [3.05, 3.63) is 81.5 Å². The number of fused-ring (bicyclic) bond motifs is 1. The molecule has 5 rings (SSSR count). The molecule has 0 saturated heterocycles. The third-order valence-electron chi connectivity index (χ3n) is 6.86. The molecule has 0 spiro atoms. The Morgan fingerprint density at radius 1 is 1.16 bits per heavy atom. The molecule has 4 aromatic rings. The second-order valence-electron chi connectivity index (χ2n) is 10.4. The van der Waals surface area contributed by atoms with E-state index in [0.29, 0.717) is 24.2 Å². The second-order valence-corrected chi connectivity index (χ2v) is 11.3. The van der Waals surface area contributed by atoms with Crippen molar-refractivity contribution in [1.29, 1.82) is 0 Å². The molecule has 0 saturated carbocycles. The highest BCUT2D eigenvalue weighted by Crippen LogP contribution is 2.43. The van der Waals surface area contributed by atoms with Gasteiger partial charge in [0.25, 0.3) is 5.92 Å². The van der Waals surface area contributed by atoms with E-state index >= 15 is 0 Å². The van der Waals surface area contributed by atoms with Crippen molar-refractivity contribution in [3.8, 4) is 17.0 Å². The summed E-state index contributed by atoms with van der Waals surface area (Å²) in [5.41, 5.74) is 5.01. The van der Waals surface area contributed by atoms with Crippen LogP contribution in [-0.2, 0) is 30.0 Å². The summed E-state index contributed by atoms with van der Waals surface area (Å²) in [5.74, 6) is -5.07. The first kappa shape index (κ1) is 32.2. The Hall–Kier alpha value is -4.21. The molecular formula is C28H25Cl2F4N7O4. The van der Waals surface area contributed by atoms with Crippen LogP contribution in [0.4, 0.5) is 28.3 Å². The smallest absolute Gasteiger partial charge is 0.410 e. The van der Waals surface area contributed by atoms with Crippen molar-refractivity contribution in [2.24, 2.45) is 0 Å². The molecule has 1 aliphatic heterocycles. The number of carbonyl (C=O) groups excluding carboxylic acids is 1. The molecule has 1 atom stereocenters. The van der Waals surface area contributed by atoms with E-state index in [9.17, 15) is 27.5 Å². The van der Waals surface area contributed by atoms with Crippen molar-refractivity contribution in [1.82, 2.24) is 29.6 Å². The predicted molar refractivity (Wildman–Crippen MR) is 154 cm³/mol. The Labute approximate surface area is 263 Å². The molecule has 0 fully saturated rings. The van der Waals surface area contributed by atoms with Gasteiger partial charge in [-0.1, -0.05) is 29.3 Å². The molecule has 1 aliphatic rings. The van der Waals surface area contributed by atoms with Gasteiger partial charge < -0.3 is 20.3 Å². The highest BCUT2D eigenvalue weighted by atomic mass is 35.5. The summed E-state index contributed by atoms with van der Waals surface area (Å²) in [7, 11) is 0. The van der Waals surface area contributed by atoms with E-state index in [4.69, 9.17) is 38.4 Å². The summed E-state index contributed by atoms with van der Waals surface area (Å²) in [5, 5.41) is 15.9. The average Bonchev–Trinajstić information content (AvgIpc) is 3.60. The number of hydrogen-bond acceptors (Lipinski definition) is 9. The Bertz CT molecular complexity index is 1730. The lowest BCUT2D eigenvalue weighted by Gasteiger charge is -2.29. The first-order valence-electron chi connectivity index (χ1n) is 13.3. The normalized spacial score (nSPS) is 14.3. The third-order valence-corrected chi connectivity index (χ3v) is 7.37. The number of rotatable bonds is 10. The summed E-state index contributed by atoms with van der Waals surface area (Å²) in [4.78, 5) is 26.0. The van der Waals surface area contributed by atoms with Gasteiger partial charge in [0.1, 0.15) is 35.6 Å². The van der Waals surface area contributed by atoms with Crippen molar-refractivity contribution < 1.29 is 36.9 Å². The van der Waals surface area contributed by atoms with Gasteiger partial charge in [-0.3, -0.25) is 4.90 Å². The molecule has 45 heavy (non-hydrogen) atoms. The van der Waals surface area contributed by atoms with E-state index in [2.05, 4.69) is 20.1 Å². The summed E-state index contributed by atoms with van der Waals surface area (Å²) in [6.45, 7) is -1.17. The number of alkyl halides is 2. The second kappa shape index (κ2) is 12.7. The molecule has 238 valence electrons. The van der Waals surface area contributed by atoms with Crippen LogP contribution in [0, 0.1) is 11.6 Å². The van der Waals surface area contributed by atoms with Crippen LogP contribution in [0.15, 0.2) is 43.0 Å². The van der Waals surface area contributed by atoms with Gasteiger partial charge in [-0.15, -0.1) is 0 Å². The number of aliphatic hydroxyl groups is 1. The summed E-state index contributed by atoms with van der Waals surface area (Å²) in [6, 6.07) is 5.67. The fourth-order valence-corrected chi connectivity index (χ4v) is 5.43. The van der Waals surface area contributed by atoms with E-state index in [1.807, 2.05) is 0 Å². The summed E-state index contributed by atoms with van der Waals surface area (Å²) < 4.78 is 67.1. The lowest BCUT2D eigenvalue weighted by Crippen LogP contribution is -2.34. The maximum absolute atomic E-state index is 14.9. The first-order valence-corrected chi connectivity index (χ1v) is 14.1. The van der Waals surface area contributed by atoms with Gasteiger partial charge >= 0.3 is 6.09 Å². The molecule has 0 unspecified atom stereocenters. The van der Waals surface area contributed by atoms with Gasteiger partial charge in [0.15, 0.2) is 6.61 Å². The molecule has 2 aromatic carbocycles. The average molecular weight is 670 g/mol. The number of benzene rings is 2. The molecule has 0 aliphatic carbocycles. The number of nitrogens with two attached hydrogens (primary N) is 1. The Balaban J connectivity index is 1.44. The quantitative estimate of drug-likeness (QED) is 0.213. The van der Waals surface area contributed by atoms with Gasteiger partial charge in [-0.05, 0) is 18.2 Å². The highest BCUT2D eigenvalue weighted by Gasteiger charge is 2.35. The number of ether oxygens (including phenoxy) is 2. The minimum absolute atomic E-state index is 0.0897. The van der Waals surface area contributed by atoms with E-state index in [-0.39, 0.29) is 71.2 Å². The standard InChI is InChI=1S/C28H25Cl2F4N7O4/c1-27(33,34)12-45-26(42)40-9-17-21(10-40)38-25(35)39-24(17)23-19(30)6-15(29)7-22(23)44-5-4-28(43,11-41-14-36-13-37-41)18-3-2-16(31)8-20(18)32/h2-3,6-8,13-14,43H,4-5,9-12H2,1H3,(H2,35,38,39)/t28-/m0/s1. The van der Waals surface area contributed by atoms with Crippen LogP contribution in [0.2, 0.25) is 10.0 Å². The van der Waals surface area contributed by atoms with Gasteiger partial charge in [0, 0.05) is 35.6 Å². The zero-order chi connectivity index (χ0) is 32.5. The zero-order valence-corrected chi connectivity index (χ0v) is 25.0. The fourth-order valence-electron chi connectivity index (χ4n) is 4.86. The molecule has 17 heteroatoms. The van der Waals surface area contributed by atoms with Crippen LogP contribution < -0.4 is 10.5 Å². The number of halogens is 6. The van der Waals surface area contributed by atoms with Crippen LogP contribution >= 0.6 is 23.2 Å². The molecule has 3 heterocycles. The van der Waals surface area contributed by atoms with Crippen molar-refractivity contribution in [2.45, 2.75) is 44.5 Å². The molecule has 1 amide bonds. The Kier molecular flexibility index (Phi) is 9.05. The molecule has 0 radical (unpaired) electrons. The van der Waals surface area contributed by atoms with Crippen molar-refractivity contribution in [2.75, 3.05) is 18.9 Å². The van der Waals surface area contributed by atoms with Gasteiger partial charge in [0.05, 0.1) is 48.2 Å². The number of hydrogen-bond donors (Lipinski definition) is 2. The zero-order valence-electron chi connectivity index (χ0n) is 23.5. The van der Waals surface area contributed by atoms with Crippen LogP contribution in [0.1, 0.15) is 30.2 Å². The predicted octanol–water partition coefficient (Wildman–Crippen LogP) is 5.37. The molecule has 2 aromatic heterocycles. The lowest BCUT2D eigenvalue weighted by atomic mass is 9.90. The number of amides is 1.